The van der Waals surface area contributed by atoms with Crippen molar-refractivity contribution in [1.82, 2.24) is 0 Å². The first-order chi connectivity index (χ1) is 8.77. The van der Waals surface area contributed by atoms with Gasteiger partial charge in [-0.15, -0.1) is 0 Å². The molecular formula is C17H14O. The van der Waals surface area contributed by atoms with E-state index in [4.69, 9.17) is 0 Å². The smallest absolute Gasteiger partial charge is 0.193 e. The molecule has 88 valence electrons. The monoisotopic (exact) mass is 234 g/mol. The van der Waals surface area contributed by atoms with E-state index in [-0.39, 0.29) is 5.78 Å². The van der Waals surface area contributed by atoms with E-state index in [0.29, 0.717) is 0 Å². The third kappa shape index (κ3) is 1.68. The third-order valence-electron chi connectivity index (χ3n) is 3.47. The summed E-state index contributed by atoms with van der Waals surface area (Å²) in [5, 5.41) is 0. The fraction of sp³-hybridized carbons (Fsp3) is 0.118. The molecule has 0 aliphatic heterocycles. The first-order valence-electron chi connectivity index (χ1n) is 6.16. The van der Waals surface area contributed by atoms with Crippen molar-refractivity contribution in [3.8, 4) is 0 Å². The Hall–Kier alpha value is -2.15. The lowest BCUT2D eigenvalue weighted by Crippen LogP contribution is -2.03. The average molecular weight is 234 g/mol. The molecule has 0 heterocycles. The zero-order chi connectivity index (χ0) is 12.5. The van der Waals surface area contributed by atoms with Crippen molar-refractivity contribution >= 4 is 11.4 Å². The van der Waals surface area contributed by atoms with Crippen molar-refractivity contribution in [2.75, 3.05) is 0 Å². The van der Waals surface area contributed by atoms with Crippen molar-refractivity contribution in [1.29, 1.82) is 0 Å². The highest BCUT2D eigenvalue weighted by atomic mass is 16.1. The van der Waals surface area contributed by atoms with E-state index in [2.05, 4.69) is 6.07 Å². The van der Waals surface area contributed by atoms with Gasteiger partial charge in [-0.1, -0.05) is 54.6 Å². The number of Topliss-reactive ketones (excluding diaryl/α,β-unsaturated/α-hetero) is 1. The second kappa shape index (κ2) is 4.26. The molecule has 0 spiro atoms. The molecule has 18 heavy (non-hydrogen) atoms. The lowest BCUT2D eigenvalue weighted by atomic mass is 9.95. The van der Waals surface area contributed by atoms with Crippen LogP contribution in [0.4, 0.5) is 0 Å². The topological polar surface area (TPSA) is 17.1 Å². The van der Waals surface area contributed by atoms with E-state index in [0.717, 1.165) is 28.7 Å². The van der Waals surface area contributed by atoms with Crippen LogP contribution in [-0.2, 0) is 6.42 Å². The second-order valence-corrected chi connectivity index (χ2v) is 4.62. The summed E-state index contributed by atoms with van der Waals surface area (Å²) >= 11 is 0. The lowest BCUT2D eigenvalue weighted by Gasteiger charge is -2.07. The van der Waals surface area contributed by atoms with Crippen LogP contribution < -0.4 is 0 Å². The number of fused-ring (bicyclic) bond motifs is 1. The molecule has 0 aromatic heterocycles. The number of benzene rings is 2. The molecule has 1 aliphatic rings. The summed E-state index contributed by atoms with van der Waals surface area (Å²) in [4.78, 5) is 12.6. The van der Waals surface area contributed by atoms with Crippen molar-refractivity contribution in [2.45, 2.75) is 13.3 Å². The number of carbonyl (C=O) groups is 1. The summed E-state index contributed by atoms with van der Waals surface area (Å²) in [5.41, 5.74) is 5.02. The minimum Gasteiger partial charge on any atom is -0.289 e. The van der Waals surface area contributed by atoms with Crippen molar-refractivity contribution in [3.05, 3.63) is 76.9 Å². The van der Waals surface area contributed by atoms with Gasteiger partial charge in [-0.25, -0.2) is 0 Å². The number of hydrogen-bond donors (Lipinski definition) is 0. The van der Waals surface area contributed by atoms with E-state index in [1.54, 1.807) is 0 Å². The molecule has 1 nitrogen and oxygen atoms in total. The van der Waals surface area contributed by atoms with Crippen LogP contribution in [0, 0.1) is 6.92 Å². The molecule has 0 unspecified atom stereocenters. The minimum absolute atomic E-state index is 0.137. The van der Waals surface area contributed by atoms with Gasteiger partial charge in [-0.3, -0.25) is 4.79 Å². The maximum absolute atomic E-state index is 12.6. The molecule has 1 aliphatic carbocycles. The summed E-state index contributed by atoms with van der Waals surface area (Å²) in [6.07, 6.45) is 2.91. The molecule has 2 aromatic carbocycles. The Morgan fingerprint density at radius 1 is 1.00 bits per heavy atom. The van der Waals surface area contributed by atoms with Crippen LogP contribution in [0.15, 0.2) is 54.6 Å². The molecule has 3 rings (SSSR count). The van der Waals surface area contributed by atoms with Gasteiger partial charge in [-0.2, -0.15) is 0 Å². The predicted molar refractivity (Wildman–Crippen MR) is 73.6 cm³/mol. The van der Waals surface area contributed by atoms with Crippen LogP contribution in [0.25, 0.3) is 5.57 Å². The molecule has 0 bridgehead atoms. The Kier molecular flexibility index (Phi) is 2.60. The Morgan fingerprint density at radius 2 is 1.72 bits per heavy atom. The molecule has 0 radical (unpaired) electrons. The van der Waals surface area contributed by atoms with Crippen LogP contribution >= 0.6 is 0 Å². The van der Waals surface area contributed by atoms with Crippen molar-refractivity contribution < 1.29 is 4.79 Å². The number of aryl methyl sites for hydroxylation is 1. The number of hydrogen-bond acceptors (Lipinski definition) is 1. The van der Waals surface area contributed by atoms with Gasteiger partial charge in [0, 0.05) is 11.1 Å². The van der Waals surface area contributed by atoms with Gasteiger partial charge >= 0.3 is 0 Å². The highest BCUT2D eigenvalue weighted by Gasteiger charge is 2.21. The third-order valence-corrected chi connectivity index (χ3v) is 3.47. The maximum atomic E-state index is 12.6. The molecule has 1 heteroatoms. The lowest BCUT2D eigenvalue weighted by molar-refractivity contribution is 0.105. The van der Waals surface area contributed by atoms with E-state index in [9.17, 15) is 4.79 Å². The Balaban J connectivity index is 2.04. The molecule has 0 saturated carbocycles. The van der Waals surface area contributed by atoms with Crippen LogP contribution in [0.3, 0.4) is 0 Å². The summed E-state index contributed by atoms with van der Waals surface area (Å²) in [7, 11) is 0. The van der Waals surface area contributed by atoms with Gasteiger partial charge in [0.15, 0.2) is 5.78 Å². The van der Waals surface area contributed by atoms with E-state index >= 15 is 0 Å². The van der Waals surface area contributed by atoms with E-state index in [1.807, 2.05) is 55.5 Å². The van der Waals surface area contributed by atoms with E-state index < -0.39 is 0 Å². The average Bonchev–Trinajstić information content (AvgIpc) is 2.82. The Bertz CT molecular complexity index is 650. The second-order valence-electron chi connectivity index (χ2n) is 4.62. The van der Waals surface area contributed by atoms with Crippen LogP contribution in [0.1, 0.15) is 27.0 Å². The fourth-order valence-electron chi connectivity index (χ4n) is 2.47. The van der Waals surface area contributed by atoms with Gasteiger partial charge in [-0.05, 0) is 30.0 Å². The zero-order valence-electron chi connectivity index (χ0n) is 10.3. The highest BCUT2D eigenvalue weighted by Crippen LogP contribution is 2.30. The molecule has 0 fully saturated rings. The quantitative estimate of drug-likeness (QED) is 0.722. The summed E-state index contributed by atoms with van der Waals surface area (Å²) in [6.45, 7) is 1.98. The highest BCUT2D eigenvalue weighted by molar-refractivity contribution is 6.30. The molecule has 0 atom stereocenters. The Morgan fingerprint density at radius 3 is 2.56 bits per heavy atom. The van der Waals surface area contributed by atoms with Gasteiger partial charge in [0.25, 0.3) is 0 Å². The van der Waals surface area contributed by atoms with Crippen LogP contribution in [0.2, 0.25) is 0 Å². The fourth-order valence-corrected chi connectivity index (χ4v) is 2.47. The van der Waals surface area contributed by atoms with Gasteiger partial charge in [0.05, 0.1) is 0 Å². The molecule has 0 amide bonds. The normalized spacial score (nSPS) is 13.1. The largest absolute Gasteiger partial charge is 0.289 e. The van der Waals surface area contributed by atoms with Gasteiger partial charge < -0.3 is 0 Å². The predicted octanol–water partition coefficient (Wildman–Crippen LogP) is 3.82. The SMILES string of the molecule is Cc1ccccc1C(=O)C1=CCc2ccccc21. The molecule has 0 N–H and O–H groups in total. The van der Waals surface area contributed by atoms with Gasteiger partial charge in [0.1, 0.15) is 0 Å². The van der Waals surface area contributed by atoms with E-state index in [1.165, 1.54) is 5.56 Å². The standard InChI is InChI=1S/C17H14O/c1-12-6-2-4-8-14(12)17(18)16-11-10-13-7-3-5-9-15(13)16/h2-9,11H,10H2,1H3. The first-order valence-corrected chi connectivity index (χ1v) is 6.16. The van der Waals surface area contributed by atoms with Crippen molar-refractivity contribution in [2.24, 2.45) is 0 Å². The maximum Gasteiger partial charge on any atom is 0.193 e. The molecule has 2 aromatic rings. The van der Waals surface area contributed by atoms with Crippen LogP contribution in [0.5, 0.6) is 0 Å². The molecular weight excluding hydrogens is 220 g/mol. The van der Waals surface area contributed by atoms with Gasteiger partial charge in [0.2, 0.25) is 0 Å². The number of rotatable bonds is 2. The number of allylic oxidation sites excluding steroid dienone is 2. The summed E-state index contributed by atoms with van der Waals surface area (Å²) < 4.78 is 0. The van der Waals surface area contributed by atoms with Crippen LogP contribution in [-0.4, -0.2) is 5.78 Å². The number of ketones is 1. The molecule has 0 saturated heterocycles. The minimum atomic E-state index is 0.137. The zero-order valence-corrected chi connectivity index (χ0v) is 10.3. The first kappa shape index (κ1) is 11.0. The summed E-state index contributed by atoms with van der Waals surface area (Å²) in [6, 6.07) is 15.9. The van der Waals surface area contributed by atoms with Crippen molar-refractivity contribution in [3.63, 3.8) is 0 Å². The summed E-state index contributed by atoms with van der Waals surface area (Å²) in [5.74, 6) is 0.137. The Labute approximate surface area is 107 Å². The number of carbonyl (C=O) groups excluding carboxylic acids is 1.